The fourth-order valence-electron chi connectivity index (χ4n) is 4.46. The van der Waals surface area contributed by atoms with E-state index >= 15 is 0 Å². The molecule has 2 heterocycles. The van der Waals surface area contributed by atoms with Gasteiger partial charge in [-0.1, -0.05) is 48.5 Å². The van der Waals surface area contributed by atoms with Crippen LogP contribution in [-0.4, -0.2) is 11.3 Å². The molecule has 3 aromatic rings. The second kappa shape index (κ2) is 6.82. The largest absolute Gasteiger partial charge is 0.508 e. The zero-order valence-electron chi connectivity index (χ0n) is 15.5. The normalized spacial score (nSPS) is 26.0. The standard InChI is InChI=1S/C23H20N4O2/c24-12-18-19(14-7-9-17(28)10-8-14)20-21(26-27-23(20)29-22(18)25)16-6-5-13-3-1-2-4-15(13)11-16/h1-11,19-21,23,26-28H,25H2. The molecule has 0 saturated carbocycles. The average Bonchev–Trinajstić information content (AvgIpc) is 3.16. The molecular weight excluding hydrogens is 364 g/mol. The number of nitrogens with one attached hydrogen (secondary N) is 2. The van der Waals surface area contributed by atoms with Gasteiger partial charge in [-0.2, -0.15) is 5.26 Å². The number of ether oxygens (including phenoxy) is 1. The fourth-order valence-corrected chi connectivity index (χ4v) is 4.46. The van der Waals surface area contributed by atoms with Crippen molar-refractivity contribution in [1.29, 1.82) is 5.26 Å². The molecule has 0 radical (unpaired) electrons. The lowest BCUT2D eigenvalue weighted by Crippen LogP contribution is -2.40. The lowest BCUT2D eigenvalue weighted by Gasteiger charge is -2.36. The molecule has 0 aliphatic carbocycles. The Kier molecular flexibility index (Phi) is 4.13. The summed E-state index contributed by atoms with van der Waals surface area (Å²) in [7, 11) is 0. The van der Waals surface area contributed by atoms with Crippen molar-refractivity contribution in [3.05, 3.63) is 89.3 Å². The minimum atomic E-state index is -0.373. The molecule has 0 spiro atoms. The highest BCUT2D eigenvalue weighted by Crippen LogP contribution is 2.47. The van der Waals surface area contributed by atoms with Gasteiger partial charge in [0.15, 0.2) is 6.23 Å². The van der Waals surface area contributed by atoms with Crippen molar-refractivity contribution in [2.75, 3.05) is 0 Å². The molecule has 3 aromatic carbocycles. The van der Waals surface area contributed by atoms with Crippen molar-refractivity contribution in [3.8, 4) is 11.8 Å². The van der Waals surface area contributed by atoms with Gasteiger partial charge in [0.05, 0.1) is 11.6 Å². The van der Waals surface area contributed by atoms with Gasteiger partial charge in [-0.25, -0.2) is 10.9 Å². The van der Waals surface area contributed by atoms with Crippen LogP contribution in [0.2, 0.25) is 0 Å². The van der Waals surface area contributed by atoms with E-state index in [2.05, 4.69) is 47.3 Å². The average molecular weight is 384 g/mol. The second-order valence-corrected chi connectivity index (χ2v) is 7.45. The first-order valence-electron chi connectivity index (χ1n) is 9.51. The molecule has 4 unspecified atom stereocenters. The monoisotopic (exact) mass is 384 g/mol. The SMILES string of the molecule is N#CC1=C(N)OC2NNC(c3ccc4ccccc4c3)C2C1c1ccc(O)cc1. The third-order valence-electron chi connectivity index (χ3n) is 5.84. The number of hydrogen-bond acceptors (Lipinski definition) is 6. The number of aromatic hydroxyl groups is 1. The first-order chi connectivity index (χ1) is 14.2. The van der Waals surface area contributed by atoms with Gasteiger partial charge < -0.3 is 15.6 Å². The summed E-state index contributed by atoms with van der Waals surface area (Å²) in [4.78, 5) is 0. The highest BCUT2D eigenvalue weighted by molar-refractivity contribution is 5.83. The Morgan fingerprint density at radius 3 is 2.41 bits per heavy atom. The summed E-state index contributed by atoms with van der Waals surface area (Å²) in [6, 6.07) is 23.7. The number of nitrogens with two attached hydrogens (primary N) is 1. The van der Waals surface area contributed by atoms with E-state index in [1.54, 1.807) is 12.1 Å². The van der Waals surface area contributed by atoms with Gasteiger partial charge in [-0.05, 0) is 40.1 Å². The molecule has 1 fully saturated rings. The van der Waals surface area contributed by atoms with E-state index < -0.39 is 0 Å². The van der Waals surface area contributed by atoms with Crippen LogP contribution in [0, 0.1) is 17.2 Å². The number of hydrazine groups is 1. The predicted molar refractivity (Wildman–Crippen MR) is 109 cm³/mol. The molecule has 2 aliphatic heterocycles. The zero-order valence-corrected chi connectivity index (χ0v) is 15.5. The summed E-state index contributed by atoms with van der Waals surface area (Å²) >= 11 is 0. The number of phenolic OH excluding ortho intramolecular Hbond substituents is 1. The lowest BCUT2D eigenvalue weighted by atomic mass is 9.74. The van der Waals surface area contributed by atoms with Crippen LogP contribution in [0.25, 0.3) is 10.8 Å². The van der Waals surface area contributed by atoms with E-state index in [9.17, 15) is 10.4 Å². The van der Waals surface area contributed by atoms with Crippen LogP contribution in [0.15, 0.2) is 78.2 Å². The van der Waals surface area contributed by atoms with E-state index in [-0.39, 0.29) is 35.7 Å². The Morgan fingerprint density at radius 2 is 1.66 bits per heavy atom. The van der Waals surface area contributed by atoms with Gasteiger partial charge in [0.2, 0.25) is 5.88 Å². The fraction of sp³-hybridized carbons (Fsp3) is 0.174. The third kappa shape index (κ3) is 2.88. The van der Waals surface area contributed by atoms with Crippen molar-refractivity contribution in [2.24, 2.45) is 11.7 Å². The van der Waals surface area contributed by atoms with Crippen LogP contribution in [-0.2, 0) is 4.74 Å². The summed E-state index contributed by atoms with van der Waals surface area (Å²) < 4.78 is 5.84. The smallest absolute Gasteiger partial charge is 0.200 e. The molecule has 0 bridgehead atoms. The topological polar surface area (TPSA) is 103 Å². The van der Waals surface area contributed by atoms with Crippen molar-refractivity contribution < 1.29 is 9.84 Å². The Morgan fingerprint density at radius 1 is 0.931 bits per heavy atom. The van der Waals surface area contributed by atoms with Gasteiger partial charge in [-0.3, -0.25) is 0 Å². The van der Waals surface area contributed by atoms with Crippen LogP contribution in [0.1, 0.15) is 23.1 Å². The van der Waals surface area contributed by atoms with Crippen LogP contribution in [0.4, 0.5) is 0 Å². The molecule has 0 amide bonds. The molecular formula is C23H20N4O2. The van der Waals surface area contributed by atoms with Crippen molar-refractivity contribution in [2.45, 2.75) is 18.2 Å². The zero-order chi connectivity index (χ0) is 20.0. The van der Waals surface area contributed by atoms with E-state index in [1.165, 1.54) is 5.39 Å². The van der Waals surface area contributed by atoms with Crippen molar-refractivity contribution >= 4 is 10.8 Å². The summed E-state index contributed by atoms with van der Waals surface area (Å²) in [5.74, 6) is -0.0390. The Bertz CT molecular complexity index is 1150. The van der Waals surface area contributed by atoms with Crippen LogP contribution >= 0.6 is 0 Å². The summed E-state index contributed by atoms with van der Waals surface area (Å²) in [5, 5.41) is 21.8. The number of hydrogen-bond donors (Lipinski definition) is 4. The first-order valence-corrected chi connectivity index (χ1v) is 9.51. The quantitative estimate of drug-likeness (QED) is 0.541. The molecule has 29 heavy (non-hydrogen) atoms. The lowest BCUT2D eigenvalue weighted by molar-refractivity contribution is 0.0341. The van der Waals surface area contributed by atoms with E-state index in [4.69, 9.17) is 10.5 Å². The van der Waals surface area contributed by atoms with Crippen LogP contribution in [0.3, 0.4) is 0 Å². The number of benzene rings is 3. The molecule has 1 saturated heterocycles. The molecule has 6 heteroatoms. The van der Waals surface area contributed by atoms with Crippen molar-refractivity contribution in [1.82, 2.24) is 10.9 Å². The summed E-state index contributed by atoms with van der Waals surface area (Å²) in [6.07, 6.45) is -0.373. The predicted octanol–water partition coefficient (Wildman–Crippen LogP) is 3.14. The second-order valence-electron chi connectivity index (χ2n) is 7.45. The minimum absolute atomic E-state index is 0.0835. The maximum Gasteiger partial charge on any atom is 0.200 e. The van der Waals surface area contributed by atoms with Gasteiger partial charge >= 0.3 is 0 Å². The Hall–Kier alpha value is -3.53. The highest BCUT2D eigenvalue weighted by atomic mass is 16.5. The number of nitriles is 1. The van der Waals surface area contributed by atoms with Gasteiger partial charge in [0.1, 0.15) is 11.8 Å². The van der Waals surface area contributed by atoms with Crippen LogP contribution < -0.4 is 16.6 Å². The number of rotatable bonds is 2. The van der Waals surface area contributed by atoms with Gasteiger partial charge in [0.25, 0.3) is 0 Å². The molecule has 2 aliphatic rings. The van der Waals surface area contributed by atoms with E-state index in [0.717, 1.165) is 16.5 Å². The van der Waals surface area contributed by atoms with Crippen LogP contribution in [0.5, 0.6) is 5.75 Å². The first kappa shape index (κ1) is 17.6. The number of allylic oxidation sites excluding steroid dienone is 1. The Labute approximate surface area is 168 Å². The van der Waals surface area contributed by atoms with Gasteiger partial charge in [0, 0.05) is 11.8 Å². The molecule has 4 atom stereocenters. The maximum absolute atomic E-state index is 9.81. The molecule has 5 N–H and O–H groups in total. The third-order valence-corrected chi connectivity index (χ3v) is 5.84. The molecule has 144 valence electrons. The van der Waals surface area contributed by atoms with Crippen molar-refractivity contribution in [3.63, 3.8) is 0 Å². The molecule has 5 rings (SSSR count). The molecule has 6 nitrogen and oxygen atoms in total. The minimum Gasteiger partial charge on any atom is -0.508 e. The number of phenols is 1. The highest BCUT2D eigenvalue weighted by Gasteiger charge is 2.49. The summed E-state index contributed by atoms with van der Waals surface area (Å²) in [5.41, 5.74) is 15.0. The number of nitrogens with zero attached hydrogens (tertiary/aromatic N) is 1. The van der Waals surface area contributed by atoms with E-state index in [0.29, 0.717) is 5.57 Å². The Balaban J connectivity index is 1.62. The van der Waals surface area contributed by atoms with Gasteiger partial charge in [-0.15, -0.1) is 0 Å². The maximum atomic E-state index is 9.81. The molecule has 0 aromatic heterocycles. The summed E-state index contributed by atoms with van der Waals surface area (Å²) in [6.45, 7) is 0. The number of fused-ring (bicyclic) bond motifs is 2. The van der Waals surface area contributed by atoms with E-state index in [1.807, 2.05) is 24.3 Å².